The Balaban J connectivity index is 0.000000449. The summed E-state index contributed by atoms with van der Waals surface area (Å²) in [6.07, 6.45) is 4.00. The largest absolute Gasteiger partial charge is 0.481 e. The SMILES string of the molecule is Cl.NCC1CCC(C(=O)O)CC1.O=C(CCCl)NCc1ccccc1. The second kappa shape index (κ2) is 13.9. The van der Waals surface area contributed by atoms with Gasteiger partial charge in [-0.15, -0.1) is 24.0 Å². The normalized spacial score (nSPS) is 19.0. The van der Waals surface area contributed by atoms with Crippen molar-refractivity contribution in [3.8, 4) is 0 Å². The number of nitrogens with one attached hydrogen (secondary N) is 1. The molecular formula is C18H28Cl2N2O3. The lowest BCUT2D eigenvalue weighted by molar-refractivity contribution is -0.143. The van der Waals surface area contributed by atoms with Crippen molar-refractivity contribution in [2.45, 2.75) is 38.6 Å². The number of carbonyl (C=O) groups is 2. The molecule has 0 atom stereocenters. The highest BCUT2D eigenvalue weighted by Crippen LogP contribution is 2.27. The van der Waals surface area contributed by atoms with Gasteiger partial charge in [-0.05, 0) is 43.7 Å². The Hall–Kier alpha value is -1.30. The zero-order chi connectivity index (χ0) is 17.8. The number of benzene rings is 1. The van der Waals surface area contributed by atoms with Gasteiger partial charge < -0.3 is 16.2 Å². The topological polar surface area (TPSA) is 92.4 Å². The van der Waals surface area contributed by atoms with E-state index in [9.17, 15) is 9.59 Å². The van der Waals surface area contributed by atoms with Gasteiger partial charge in [0.25, 0.3) is 0 Å². The number of rotatable bonds is 6. The molecule has 0 unspecified atom stereocenters. The molecule has 5 nitrogen and oxygen atoms in total. The lowest BCUT2D eigenvalue weighted by atomic mass is 9.82. The van der Waals surface area contributed by atoms with Gasteiger partial charge >= 0.3 is 5.97 Å². The number of halogens is 2. The van der Waals surface area contributed by atoms with Crippen molar-refractivity contribution in [3.05, 3.63) is 35.9 Å². The van der Waals surface area contributed by atoms with Gasteiger partial charge in [0.05, 0.1) is 5.92 Å². The van der Waals surface area contributed by atoms with Crippen LogP contribution in [0.1, 0.15) is 37.7 Å². The van der Waals surface area contributed by atoms with E-state index in [1.165, 1.54) is 0 Å². The summed E-state index contributed by atoms with van der Waals surface area (Å²) < 4.78 is 0. The molecule has 0 radical (unpaired) electrons. The fourth-order valence-corrected chi connectivity index (χ4v) is 2.79. The molecule has 4 N–H and O–H groups in total. The van der Waals surface area contributed by atoms with E-state index >= 15 is 0 Å². The Morgan fingerprint density at radius 2 is 1.76 bits per heavy atom. The number of hydrogen-bond donors (Lipinski definition) is 3. The Bertz CT molecular complexity index is 492. The first-order chi connectivity index (χ1) is 11.6. The zero-order valence-corrected chi connectivity index (χ0v) is 15.9. The lowest BCUT2D eigenvalue weighted by Crippen LogP contribution is -2.25. The maximum atomic E-state index is 11.0. The van der Waals surface area contributed by atoms with E-state index in [0.29, 0.717) is 31.3 Å². The van der Waals surface area contributed by atoms with E-state index in [1.54, 1.807) is 0 Å². The Morgan fingerprint density at radius 3 is 2.24 bits per heavy atom. The van der Waals surface area contributed by atoms with Crippen LogP contribution in [0.4, 0.5) is 0 Å². The average molecular weight is 391 g/mol. The summed E-state index contributed by atoms with van der Waals surface area (Å²) in [5, 5.41) is 11.4. The highest BCUT2D eigenvalue weighted by molar-refractivity contribution is 6.18. The minimum absolute atomic E-state index is 0. The van der Waals surface area contributed by atoms with E-state index in [4.69, 9.17) is 22.4 Å². The van der Waals surface area contributed by atoms with E-state index in [1.807, 2.05) is 30.3 Å². The maximum Gasteiger partial charge on any atom is 0.306 e. The Labute approximate surface area is 160 Å². The minimum atomic E-state index is -0.638. The van der Waals surface area contributed by atoms with Crippen LogP contribution >= 0.6 is 24.0 Å². The van der Waals surface area contributed by atoms with Crippen LogP contribution in [0.15, 0.2) is 30.3 Å². The second-order valence-corrected chi connectivity index (χ2v) is 6.37. The molecule has 0 spiro atoms. The molecule has 1 aliphatic carbocycles. The summed E-state index contributed by atoms with van der Waals surface area (Å²) in [6.45, 7) is 1.29. The number of carboxylic acid groups (broad SMARTS) is 1. The standard InChI is InChI=1S/C10H12ClNO.C8H15NO2.ClH/c11-7-6-10(13)12-8-9-4-2-1-3-5-9;9-5-6-1-3-7(4-2-6)8(10)11;/h1-5H,6-8H2,(H,12,13);6-7H,1-5,9H2,(H,10,11);1H. The second-order valence-electron chi connectivity index (χ2n) is 5.99. The van der Waals surface area contributed by atoms with Crippen LogP contribution < -0.4 is 11.1 Å². The summed E-state index contributed by atoms with van der Waals surface area (Å²) in [5.41, 5.74) is 6.58. The van der Waals surface area contributed by atoms with Crippen LogP contribution in [0.25, 0.3) is 0 Å². The molecule has 2 rings (SSSR count). The minimum Gasteiger partial charge on any atom is -0.481 e. The van der Waals surface area contributed by atoms with Crippen LogP contribution in [0.2, 0.25) is 0 Å². The molecule has 1 saturated carbocycles. The van der Waals surface area contributed by atoms with E-state index < -0.39 is 5.97 Å². The zero-order valence-electron chi connectivity index (χ0n) is 14.3. The number of aliphatic carboxylic acids is 1. The van der Waals surface area contributed by atoms with Crippen molar-refractivity contribution >= 4 is 35.9 Å². The summed E-state index contributed by atoms with van der Waals surface area (Å²) >= 11 is 5.42. The van der Waals surface area contributed by atoms with Gasteiger partial charge in [-0.2, -0.15) is 0 Å². The van der Waals surface area contributed by atoms with Gasteiger partial charge in [-0.25, -0.2) is 0 Å². The van der Waals surface area contributed by atoms with Gasteiger partial charge in [0.1, 0.15) is 0 Å². The molecule has 25 heavy (non-hydrogen) atoms. The number of nitrogens with two attached hydrogens (primary N) is 1. The molecule has 0 saturated heterocycles. The van der Waals surface area contributed by atoms with Crippen LogP contribution in [0.5, 0.6) is 0 Å². The van der Waals surface area contributed by atoms with Crippen molar-refractivity contribution in [2.75, 3.05) is 12.4 Å². The summed E-state index contributed by atoms with van der Waals surface area (Å²) in [4.78, 5) is 21.5. The molecule has 1 amide bonds. The van der Waals surface area contributed by atoms with Crippen molar-refractivity contribution < 1.29 is 14.7 Å². The first kappa shape index (κ1) is 23.7. The van der Waals surface area contributed by atoms with Gasteiger partial charge in [0.2, 0.25) is 5.91 Å². The first-order valence-electron chi connectivity index (χ1n) is 8.36. The van der Waals surface area contributed by atoms with E-state index in [2.05, 4.69) is 5.32 Å². The maximum absolute atomic E-state index is 11.0. The average Bonchev–Trinajstić information content (AvgIpc) is 2.62. The van der Waals surface area contributed by atoms with Crippen LogP contribution in [0.3, 0.4) is 0 Å². The molecule has 1 aromatic carbocycles. The van der Waals surface area contributed by atoms with Crippen LogP contribution in [-0.4, -0.2) is 29.4 Å². The molecule has 1 aliphatic rings. The van der Waals surface area contributed by atoms with Crippen LogP contribution in [-0.2, 0) is 16.1 Å². The summed E-state index contributed by atoms with van der Waals surface area (Å²) in [7, 11) is 0. The molecule has 142 valence electrons. The number of carbonyl (C=O) groups excluding carboxylic acids is 1. The van der Waals surface area contributed by atoms with Gasteiger partial charge in [0.15, 0.2) is 0 Å². The number of alkyl halides is 1. The number of amides is 1. The van der Waals surface area contributed by atoms with Gasteiger partial charge in [-0.1, -0.05) is 30.3 Å². The smallest absolute Gasteiger partial charge is 0.306 e. The fraction of sp³-hybridized carbons (Fsp3) is 0.556. The molecule has 0 aromatic heterocycles. The third-order valence-electron chi connectivity index (χ3n) is 4.18. The fourth-order valence-electron chi connectivity index (χ4n) is 2.62. The van der Waals surface area contributed by atoms with Crippen molar-refractivity contribution in [3.63, 3.8) is 0 Å². The van der Waals surface area contributed by atoms with Gasteiger partial charge in [0, 0.05) is 18.8 Å². The molecule has 1 aromatic rings. The molecule has 0 heterocycles. The molecule has 1 fully saturated rings. The number of hydrogen-bond acceptors (Lipinski definition) is 3. The van der Waals surface area contributed by atoms with Crippen molar-refractivity contribution in [2.24, 2.45) is 17.6 Å². The third-order valence-corrected chi connectivity index (χ3v) is 4.37. The Morgan fingerprint density at radius 1 is 1.16 bits per heavy atom. The number of carboxylic acids is 1. The van der Waals surface area contributed by atoms with Gasteiger partial charge in [-0.3, -0.25) is 9.59 Å². The summed E-state index contributed by atoms with van der Waals surface area (Å²) in [5.74, 6) is 0.211. The quantitative estimate of drug-likeness (QED) is 0.650. The van der Waals surface area contributed by atoms with E-state index in [0.717, 1.165) is 31.2 Å². The predicted molar refractivity (Wildman–Crippen MR) is 103 cm³/mol. The highest BCUT2D eigenvalue weighted by atomic mass is 35.5. The molecule has 0 bridgehead atoms. The molecule has 0 aliphatic heterocycles. The highest BCUT2D eigenvalue weighted by Gasteiger charge is 2.24. The molecular weight excluding hydrogens is 363 g/mol. The van der Waals surface area contributed by atoms with Crippen molar-refractivity contribution in [1.29, 1.82) is 0 Å². The summed E-state index contributed by atoms with van der Waals surface area (Å²) in [6, 6.07) is 9.79. The monoisotopic (exact) mass is 390 g/mol. The lowest BCUT2D eigenvalue weighted by Gasteiger charge is -2.24. The molecule has 7 heteroatoms. The first-order valence-corrected chi connectivity index (χ1v) is 8.89. The van der Waals surface area contributed by atoms with Crippen LogP contribution in [0, 0.1) is 11.8 Å². The predicted octanol–water partition coefficient (Wildman–Crippen LogP) is 3.19. The third kappa shape index (κ3) is 10.3. The Kier molecular flexibility index (Phi) is 13.2. The van der Waals surface area contributed by atoms with E-state index in [-0.39, 0.29) is 24.2 Å². The van der Waals surface area contributed by atoms with Crippen molar-refractivity contribution in [1.82, 2.24) is 5.32 Å².